The van der Waals surface area contributed by atoms with E-state index in [9.17, 15) is 4.79 Å². The van der Waals surface area contributed by atoms with Crippen molar-refractivity contribution in [1.82, 2.24) is 15.0 Å². The molecule has 0 saturated heterocycles. The molecule has 2 aromatic rings. The number of hydrogen-bond donors (Lipinski definition) is 1. The van der Waals surface area contributed by atoms with Gasteiger partial charge in [-0.1, -0.05) is 18.2 Å². The normalized spacial score (nSPS) is 10.3. The van der Waals surface area contributed by atoms with Crippen LogP contribution in [0.25, 0.3) is 0 Å². The van der Waals surface area contributed by atoms with Gasteiger partial charge in [0.1, 0.15) is 0 Å². The monoisotopic (exact) mass is 333 g/mol. The number of carbonyl (C=O) groups excluding carboxylic acids is 1. The van der Waals surface area contributed by atoms with E-state index in [4.69, 9.17) is 10.5 Å². The highest BCUT2D eigenvalue weighted by Gasteiger charge is 2.09. The van der Waals surface area contributed by atoms with E-state index in [1.165, 1.54) is 0 Å². The number of carbonyl (C=O) groups is 1. The molecule has 2 N–H and O–H groups in total. The van der Waals surface area contributed by atoms with E-state index in [1.54, 1.807) is 30.8 Å². The fraction of sp³-hybridized carbons (Fsp3) is 0.333. The summed E-state index contributed by atoms with van der Waals surface area (Å²) in [7, 11) is 3.59. The molecule has 1 aromatic heterocycles. The maximum Gasteiger partial charge on any atom is 0.307 e. The summed E-state index contributed by atoms with van der Waals surface area (Å²) in [5, 5.41) is 0. The summed E-state index contributed by atoms with van der Waals surface area (Å²) in [5.41, 5.74) is 5.62. The molecule has 0 spiro atoms. The molecular weight excluding hydrogens is 314 g/mol. The topological polar surface area (TPSA) is 94.2 Å². The Hall–Kier alpha value is -2.35. The van der Waals surface area contributed by atoms with Gasteiger partial charge in [0.2, 0.25) is 11.9 Å². The van der Waals surface area contributed by atoms with Crippen LogP contribution in [0.15, 0.2) is 35.2 Å². The van der Waals surface area contributed by atoms with Gasteiger partial charge in [-0.15, -0.1) is 11.8 Å². The SMILES string of the molecule is CN(C)c1nc(N)nc(COC(=O)CCSc2ccccc2)n1. The van der Waals surface area contributed by atoms with Gasteiger partial charge >= 0.3 is 5.97 Å². The third-order valence-electron chi connectivity index (χ3n) is 2.77. The molecule has 0 aliphatic carbocycles. The van der Waals surface area contributed by atoms with Gasteiger partial charge in [0.05, 0.1) is 6.42 Å². The van der Waals surface area contributed by atoms with Gasteiger partial charge in [-0.05, 0) is 12.1 Å². The zero-order valence-electron chi connectivity index (χ0n) is 13.1. The third-order valence-corrected chi connectivity index (χ3v) is 3.78. The van der Waals surface area contributed by atoms with Crippen LogP contribution in [0, 0.1) is 0 Å². The van der Waals surface area contributed by atoms with Crippen LogP contribution in [0.4, 0.5) is 11.9 Å². The molecule has 23 heavy (non-hydrogen) atoms. The van der Waals surface area contributed by atoms with Crippen LogP contribution in [0.5, 0.6) is 0 Å². The second-order valence-electron chi connectivity index (χ2n) is 4.88. The first-order chi connectivity index (χ1) is 11.0. The van der Waals surface area contributed by atoms with Crippen LogP contribution in [-0.4, -0.2) is 40.8 Å². The quantitative estimate of drug-likeness (QED) is 0.605. The van der Waals surface area contributed by atoms with E-state index in [0.717, 1.165) is 4.90 Å². The average Bonchev–Trinajstić information content (AvgIpc) is 2.53. The van der Waals surface area contributed by atoms with E-state index in [1.807, 2.05) is 30.3 Å². The van der Waals surface area contributed by atoms with Crippen molar-refractivity contribution < 1.29 is 9.53 Å². The number of nitrogens with two attached hydrogens (primary N) is 1. The second-order valence-corrected chi connectivity index (χ2v) is 6.04. The number of nitrogens with zero attached hydrogens (tertiary/aromatic N) is 4. The molecule has 8 heteroatoms. The molecule has 0 aliphatic heterocycles. The lowest BCUT2D eigenvalue weighted by atomic mass is 10.4. The summed E-state index contributed by atoms with van der Waals surface area (Å²) in [5.74, 6) is 1.24. The highest BCUT2D eigenvalue weighted by Crippen LogP contribution is 2.18. The van der Waals surface area contributed by atoms with Crippen LogP contribution < -0.4 is 10.6 Å². The Bertz CT molecular complexity index is 652. The Morgan fingerprint density at radius 3 is 2.65 bits per heavy atom. The fourth-order valence-corrected chi connectivity index (χ4v) is 2.53. The molecule has 0 bridgehead atoms. The largest absolute Gasteiger partial charge is 0.457 e. The molecule has 0 atom stereocenters. The molecule has 2 rings (SSSR count). The molecule has 122 valence electrons. The predicted octanol–water partition coefficient (Wildman–Crippen LogP) is 1.75. The van der Waals surface area contributed by atoms with Gasteiger partial charge in [-0.3, -0.25) is 4.79 Å². The molecule has 0 saturated carbocycles. The number of hydrogen-bond acceptors (Lipinski definition) is 8. The summed E-state index contributed by atoms with van der Waals surface area (Å²) >= 11 is 1.61. The smallest absolute Gasteiger partial charge is 0.307 e. The highest BCUT2D eigenvalue weighted by molar-refractivity contribution is 7.99. The minimum atomic E-state index is -0.293. The van der Waals surface area contributed by atoms with Crippen LogP contribution in [0.2, 0.25) is 0 Å². The van der Waals surface area contributed by atoms with Gasteiger partial charge in [-0.25, -0.2) is 0 Å². The van der Waals surface area contributed by atoms with Crippen molar-refractivity contribution in [2.45, 2.75) is 17.9 Å². The number of benzene rings is 1. The van der Waals surface area contributed by atoms with E-state index in [0.29, 0.717) is 23.9 Å². The Kier molecular flexibility index (Phi) is 6.16. The van der Waals surface area contributed by atoms with E-state index in [2.05, 4.69) is 15.0 Å². The number of rotatable bonds is 7. The first-order valence-electron chi connectivity index (χ1n) is 7.06. The van der Waals surface area contributed by atoms with Crippen LogP contribution in [0.1, 0.15) is 12.2 Å². The molecule has 0 unspecified atom stereocenters. The van der Waals surface area contributed by atoms with Crippen LogP contribution >= 0.6 is 11.8 Å². The van der Waals surface area contributed by atoms with Crippen molar-refractivity contribution in [3.8, 4) is 0 Å². The number of nitrogen functional groups attached to an aromatic ring is 1. The number of ether oxygens (including phenoxy) is 1. The Labute approximate surface area is 139 Å². The minimum Gasteiger partial charge on any atom is -0.457 e. The first-order valence-corrected chi connectivity index (χ1v) is 8.04. The highest BCUT2D eigenvalue weighted by atomic mass is 32.2. The number of esters is 1. The molecule has 1 heterocycles. The van der Waals surface area contributed by atoms with Gasteiger partial charge in [0.15, 0.2) is 12.4 Å². The molecule has 0 amide bonds. The maximum atomic E-state index is 11.8. The number of aromatic nitrogens is 3. The Morgan fingerprint density at radius 1 is 1.22 bits per heavy atom. The van der Waals surface area contributed by atoms with E-state index >= 15 is 0 Å². The van der Waals surface area contributed by atoms with Crippen molar-refractivity contribution >= 4 is 29.6 Å². The fourth-order valence-electron chi connectivity index (χ4n) is 1.68. The zero-order chi connectivity index (χ0) is 16.7. The molecule has 0 radical (unpaired) electrons. The van der Waals surface area contributed by atoms with Crippen LogP contribution in [-0.2, 0) is 16.1 Å². The third kappa shape index (κ3) is 5.74. The van der Waals surface area contributed by atoms with Gasteiger partial charge in [0.25, 0.3) is 0 Å². The molecular formula is C15H19N5O2S. The van der Waals surface area contributed by atoms with Gasteiger partial charge < -0.3 is 15.4 Å². The molecule has 0 aliphatic rings. The first kappa shape index (κ1) is 17.0. The van der Waals surface area contributed by atoms with Crippen molar-refractivity contribution in [1.29, 1.82) is 0 Å². The van der Waals surface area contributed by atoms with Crippen molar-refractivity contribution in [2.24, 2.45) is 0 Å². The van der Waals surface area contributed by atoms with Crippen LogP contribution in [0.3, 0.4) is 0 Å². The maximum absolute atomic E-state index is 11.8. The van der Waals surface area contributed by atoms with E-state index in [-0.39, 0.29) is 18.5 Å². The summed E-state index contributed by atoms with van der Waals surface area (Å²) in [4.78, 5) is 26.7. The van der Waals surface area contributed by atoms with Gasteiger partial charge in [-0.2, -0.15) is 15.0 Å². The Morgan fingerprint density at radius 2 is 1.96 bits per heavy atom. The minimum absolute atomic E-state index is 0.0115. The summed E-state index contributed by atoms with van der Waals surface area (Å²) in [6.45, 7) is -0.0115. The van der Waals surface area contributed by atoms with Crippen molar-refractivity contribution in [3.63, 3.8) is 0 Å². The van der Waals surface area contributed by atoms with Crippen molar-refractivity contribution in [2.75, 3.05) is 30.5 Å². The molecule has 7 nitrogen and oxygen atoms in total. The number of anilines is 2. The predicted molar refractivity (Wildman–Crippen MR) is 90.1 cm³/mol. The van der Waals surface area contributed by atoms with Gasteiger partial charge in [0, 0.05) is 24.7 Å². The lowest BCUT2D eigenvalue weighted by molar-refractivity contribution is -0.144. The Balaban J connectivity index is 1.78. The van der Waals surface area contributed by atoms with E-state index < -0.39 is 0 Å². The summed E-state index contributed by atoms with van der Waals surface area (Å²) in [6.07, 6.45) is 0.320. The standard InChI is InChI=1S/C15H19N5O2S/c1-20(2)15-18-12(17-14(16)19-15)10-22-13(21)8-9-23-11-6-4-3-5-7-11/h3-7H,8-10H2,1-2H3,(H2,16,17,18,19). The average molecular weight is 333 g/mol. The summed E-state index contributed by atoms with van der Waals surface area (Å²) < 4.78 is 5.18. The zero-order valence-corrected chi connectivity index (χ0v) is 13.9. The molecule has 0 fully saturated rings. The molecule has 1 aromatic carbocycles. The second kappa shape index (κ2) is 8.33. The lowest BCUT2D eigenvalue weighted by Gasteiger charge is -2.11. The summed E-state index contributed by atoms with van der Waals surface area (Å²) in [6, 6.07) is 9.90. The van der Waals surface area contributed by atoms with Crippen molar-refractivity contribution in [3.05, 3.63) is 36.2 Å². The number of thioether (sulfide) groups is 1. The lowest BCUT2D eigenvalue weighted by Crippen LogP contribution is -2.17.